The average molecular weight is 238 g/mol. The first kappa shape index (κ1) is 11.6. The molecule has 0 bridgehead atoms. The highest BCUT2D eigenvalue weighted by atomic mass is 19.4. The molecule has 0 atom stereocenters. The van der Waals surface area contributed by atoms with E-state index in [9.17, 15) is 13.2 Å². The fourth-order valence-electron chi connectivity index (χ4n) is 1.51. The minimum absolute atomic E-state index is 0.283. The molecule has 0 amide bonds. The zero-order valence-electron chi connectivity index (χ0n) is 8.99. The van der Waals surface area contributed by atoms with Crippen molar-refractivity contribution >= 4 is 0 Å². The molecule has 1 heterocycles. The van der Waals surface area contributed by atoms with E-state index >= 15 is 0 Å². The van der Waals surface area contributed by atoms with Gasteiger partial charge in [0.15, 0.2) is 0 Å². The Morgan fingerprint density at radius 3 is 2.41 bits per heavy atom. The van der Waals surface area contributed by atoms with Gasteiger partial charge in [0.2, 0.25) is 5.82 Å². The van der Waals surface area contributed by atoms with Crippen molar-refractivity contribution in [3.05, 3.63) is 47.9 Å². The molecule has 2 rings (SSSR count). The fraction of sp³-hybridized carbons (Fsp3) is 0.167. The predicted molar refractivity (Wildman–Crippen MR) is 57.2 cm³/mol. The van der Waals surface area contributed by atoms with E-state index < -0.39 is 12.0 Å². The van der Waals surface area contributed by atoms with Crippen LogP contribution in [0.1, 0.15) is 11.4 Å². The Morgan fingerprint density at radius 2 is 1.76 bits per heavy atom. The van der Waals surface area contributed by atoms with E-state index in [0.717, 1.165) is 11.8 Å². The van der Waals surface area contributed by atoms with Gasteiger partial charge < -0.3 is 0 Å². The Bertz CT molecular complexity index is 535. The Labute approximate surface area is 96.2 Å². The van der Waals surface area contributed by atoms with Gasteiger partial charge in [0.05, 0.1) is 5.69 Å². The maximum atomic E-state index is 12.5. The summed E-state index contributed by atoms with van der Waals surface area (Å²) in [6, 6.07) is 8.61. The quantitative estimate of drug-likeness (QED) is 0.760. The summed E-state index contributed by atoms with van der Waals surface area (Å²) < 4.78 is 37.4. The zero-order chi connectivity index (χ0) is 12.5. The van der Waals surface area contributed by atoms with E-state index in [-0.39, 0.29) is 5.69 Å². The molecule has 0 N–H and O–H groups in total. The van der Waals surface area contributed by atoms with Crippen molar-refractivity contribution in [2.75, 3.05) is 0 Å². The van der Waals surface area contributed by atoms with Crippen LogP contribution >= 0.6 is 0 Å². The largest absolute Gasteiger partial charge is 0.451 e. The first-order valence-electron chi connectivity index (χ1n) is 4.95. The van der Waals surface area contributed by atoms with Gasteiger partial charge >= 0.3 is 6.18 Å². The van der Waals surface area contributed by atoms with Gasteiger partial charge in [-0.3, -0.25) is 0 Å². The molecule has 17 heavy (non-hydrogen) atoms. The first-order valence-corrected chi connectivity index (χ1v) is 4.95. The number of nitrogens with zero attached hydrogens (tertiary/aromatic N) is 2. The number of rotatable bonds is 1. The van der Waals surface area contributed by atoms with Gasteiger partial charge in [-0.1, -0.05) is 24.3 Å². The zero-order valence-corrected chi connectivity index (χ0v) is 8.99. The minimum atomic E-state index is -4.52. The maximum absolute atomic E-state index is 12.5. The van der Waals surface area contributed by atoms with Crippen molar-refractivity contribution in [1.29, 1.82) is 0 Å². The summed E-state index contributed by atoms with van der Waals surface area (Å²) in [5.41, 5.74) is 1.84. The van der Waals surface area contributed by atoms with Crippen molar-refractivity contribution in [2.45, 2.75) is 13.1 Å². The third kappa shape index (κ3) is 2.43. The lowest BCUT2D eigenvalue weighted by Crippen LogP contribution is -2.11. The van der Waals surface area contributed by atoms with E-state index in [1.807, 2.05) is 19.1 Å². The highest BCUT2D eigenvalue weighted by Gasteiger charge is 2.34. The maximum Gasteiger partial charge on any atom is 0.451 e. The van der Waals surface area contributed by atoms with Gasteiger partial charge in [0, 0.05) is 11.8 Å². The lowest BCUT2D eigenvalue weighted by molar-refractivity contribution is -0.144. The Hall–Kier alpha value is -1.91. The van der Waals surface area contributed by atoms with E-state index in [0.29, 0.717) is 5.56 Å². The molecule has 0 aliphatic heterocycles. The number of alkyl halides is 3. The van der Waals surface area contributed by atoms with E-state index in [4.69, 9.17) is 0 Å². The van der Waals surface area contributed by atoms with E-state index in [1.54, 1.807) is 12.1 Å². The lowest BCUT2D eigenvalue weighted by atomic mass is 10.1. The number of aromatic nitrogens is 2. The Kier molecular flexibility index (Phi) is 2.83. The molecule has 0 radical (unpaired) electrons. The highest BCUT2D eigenvalue weighted by molar-refractivity contribution is 5.62. The Balaban J connectivity index is 2.51. The SMILES string of the molecule is Cc1ccccc1-c1ccnc(C(F)(F)F)n1. The second-order valence-corrected chi connectivity index (χ2v) is 3.58. The standard InChI is InChI=1S/C12H9F3N2/c1-8-4-2-3-5-9(8)10-6-7-16-11(17-10)12(13,14)15/h2-7H,1H3. The monoisotopic (exact) mass is 238 g/mol. The molecule has 0 saturated carbocycles. The topological polar surface area (TPSA) is 25.8 Å². The van der Waals surface area contributed by atoms with Crippen LogP contribution in [0.25, 0.3) is 11.3 Å². The van der Waals surface area contributed by atoms with Crippen LogP contribution in [0.5, 0.6) is 0 Å². The summed E-state index contributed by atoms with van der Waals surface area (Å²) in [6.45, 7) is 1.82. The molecule has 0 saturated heterocycles. The second kappa shape index (κ2) is 4.16. The summed E-state index contributed by atoms with van der Waals surface area (Å²) in [7, 11) is 0. The molecule has 0 aliphatic carbocycles. The third-order valence-corrected chi connectivity index (χ3v) is 2.33. The summed E-state index contributed by atoms with van der Waals surface area (Å²) in [5, 5.41) is 0. The number of hydrogen-bond donors (Lipinski definition) is 0. The van der Waals surface area contributed by atoms with Gasteiger partial charge in [0.25, 0.3) is 0 Å². The molecular weight excluding hydrogens is 229 g/mol. The molecule has 2 nitrogen and oxygen atoms in total. The summed E-state index contributed by atoms with van der Waals surface area (Å²) in [5.74, 6) is -1.11. The van der Waals surface area contributed by atoms with Crippen LogP contribution in [0.15, 0.2) is 36.5 Å². The fourth-order valence-corrected chi connectivity index (χ4v) is 1.51. The van der Waals surface area contributed by atoms with E-state index in [1.165, 1.54) is 6.07 Å². The molecule has 5 heteroatoms. The summed E-state index contributed by atoms with van der Waals surface area (Å²) in [6.07, 6.45) is -3.39. The van der Waals surface area contributed by atoms with Crippen LogP contribution in [-0.2, 0) is 6.18 Å². The van der Waals surface area contributed by atoms with Crippen LogP contribution in [0.3, 0.4) is 0 Å². The molecule has 0 fully saturated rings. The number of hydrogen-bond acceptors (Lipinski definition) is 2. The van der Waals surface area contributed by atoms with Crippen LogP contribution in [0.4, 0.5) is 13.2 Å². The molecule has 88 valence electrons. The molecule has 0 unspecified atom stereocenters. The molecule has 1 aromatic heterocycles. The first-order chi connectivity index (χ1) is 7.98. The van der Waals surface area contributed by atoms with Crippen molar-refractivity contribution < 1.29 is 13.2 Å². The van der Waals surface area contributed by atoms with Gasteiger partial charge in [-0.15, -0.1) is 0 Å². The van der Waals surface area contributed by atoms with Gasteiger partial charge in [-0.2, -0.15) is 13.2 Å². The normalized spacial score (nSPS) is 11.5. The molecule has 0 aliphatic rings. The van der Waals surface area contributed by atoms with Crippen molar-refractivity contribution in [3.8, 4) is 11.3 Å². The van der Waals surface area contributed by atoms with Gasteiger partial charge in [-0.05, 0) is 18.6 Å². The summed E-state index contributed by atoms with van der Waals surface area (Å²) in [4.78, 5) is 6.77. The smallest absolute Gasteiger partial charge is 0.233 e. The number of benzene rings is 1. The number of aryl methyl sites for hydroxylation is 1. The lowest BCUT2D eigenvalue weighted by Gasteiger charge is -2.08. The number of halogens is 3. The predicted octanol–water partition coefficient (Wildman–Crippen LogP) is 3.47. The minimum Gasteiger partial charge on any atom is -0.233 e. The third-order valence-electron chi connectivity index (χ3n) is 2.33. The van der Waals surface area contributed by atoms with Crippen molar-refractivity contribution in [2.24, 2.45) is 0 Å². The van der Waals surface area contributed by atoms with Gasteiger partial charge in [-0.25, -0.2) is 9.97 Å². The molecule has 2 aromatic rings. The second-order valence-electron chi connectivity index (χ2n) is 3.58. The molecular formula is C12H9F3N2. The van der Waals surface area contributed by atoms with Crippen molar-refractivity contribution in [1.82, 2.24) is 9.97 Å². The molecule has 0 spiro atoms. The molecule has 1 aromatic carbocycles. The van der Waals surface area contributed by atoms with Crippen LogP contribution < -0.4 is 0 Å². The van der Waals surface area contributed by atoms with Crippen LogP contribution in [0, 0.1) is 6.92 Å². The van der Waals surface area contributed by atoms with Crippen LogP contribution in [-0.4, -0.2) is 9.97 Å². The van der Waals surface area contributed by atoms with E-state index in [2.05, 4.69) is 9.97 Å². The summed E-state index contributed by atoms with van der Waals surface area (Å²) >= 11 is 0. The van der Waals surface area contributed by atoms with Gasteiger partial charge in [0.1, 0.15) is 0 Å². The van der Waals surface area contributed by atoms with Crippen molar-refractivity contribution in [3.63, 3.8) is 0 Å². The van der Waals surface area contributed by atoms with Crippen LogP contribution in [0.2, 0.25) is 0 Å². The average Bonchev–Trinajstić information content (AvgIpc) is 2.29. The Morgan fingerprint density at radius 1 is 1.06 bits per heavy atom. The highest BCUT2D eigenvalue weighted by Crippen LogP contribution is 2.28.